The van der Waals surface area contributed by atoms with Gasteiger partial charge in [-0.15, -0.1) is 0 Å². The molecule has 2 N–H and O–H groups in total. The normalized spacial score (nSPS) is 20.2. The van der Waals surface area contributed by atoms with Gasteiger partial charge in [-0.1, -0.05) is 39.0 Å². The van der Waals surface area contributed by atoms with Crippen molar-refractivity contribution in [3.05, 3.63) is 29.8 Å². The summed E-state index contributed by atoms with van der Waals surface area (Å²) in [4.78, 5) is 14.4. The molecule has 128 valence electrons. The molecule has 2 atom stereocenters. The highest BCUT2D eigenvalue weighted by molar-refractivity contribution is 5.78. The monoisotopic (exact) mass is 318 g/mol. The van der Waals surface area contributed by atoms with E-state index in [1.807, 2.05) is 30.0 Å². The van der Waals surface area contributed by atoms with Gasteiger partial charge in [0, 0.05) is 19.1 Å². The number of carbonyl (C=O) groups is 1. The molecule has 4 nitrogen and oxygen atoms in total. The van der Waals surface area contributed by atoms with E-state index in [2.05, 4.69) is 26.8 Å². The lowest BCUT2D eigenvalue weighted by Gasteiger charge is -2.34. The van der Waals surface area contributed by atoms with Crippen LogP contribution in [0.15, 0.2) is 24.3 Å². The number of nitrogens with two attached hydrogens (primary N) is 1. The lowest BCUT2D eigenvalue weighted by molar-refractivity contribution is -0.135. The topological polar surface area (TPSA) is 55.6 Å². The van der Waals surface area contributed by atoms with Gasteiger partial charge in [0.15, 0.2) is 6.61 Å². The molecular weight excluding hydrogens is 288 g/mol. The van der Waals surface area contributed by atoms with Crippen molar-refractivity contribution in [3.63, 3.8) is 0 Å². The first-order chi connectivity index (χ1) is 10.8. The van der Waals surface area contributed by atoms with Crippen LogP contribution in [0.3, 0.4) is 0 Å². The Morgan fingerprint density at radius 2 is 2.09 bits per heavy atom. The van der Waals surface area contributed by atoms with Gasteiger partial charge in [0.25, 0.3) is 5.91 Å². The third-order valence-electron chi connectivity index (χ3n) is 4.60. The molecule has 23 heavy (non-hydrogen) atoms. The molecule has 1 aromatic rings. The molecule has 4 heteroatoms. The number of benzene rings is 1. The number of piperidine rings is 1. The third kappa shape index (κ3) is 4.71. The molecule has 0 saturated carbocycles. The molecule has 1 aliphatic heterocycles. The summed E-state index contributed by atoms with van der Waals surface area (Å²) < 4.78 is 5.85. The summed E-state index contributed by atoms with van der Waals surface area (Å²) in [5.41, 5.74) is 7.11. The van der Waals surface area contributed by atoms with Crippen LogP contribution in [0, 0.1) is 5.92 Å². The van der Waals surface area contributed by atoms with Crippen molar-refractivity contribution in [2.45, 2.75) is 52.0 Å². The number of rotatable bonds is 4. The van der Waals surface area contributed by atoms with Crippen molar-refractivity contribution in [1.82, 2.24) is 4.90 Å². The highest BCUT2D eigenvalue weighted by Crippen LogP contribution is 2.31. The largest absolute Gasteiger partial charge is 0.483 e. The molecule has 0 bridgehead atoms. The van der Waals surface area contributed by atoms with Crippen molar-refractivity contribution < 1.29 is 9.53 Å². The van der Waals surface area contributed by atoms with E-state index in [9.17, 15) is 4.79 Å². The lowest BCUT2D eigenvalue weighted by Crippen LogP contribution is -2.46. The predicted molar refractivity (Wildman–Crippen MR) is 93.6 cm³/mol. The molecule has 1 saturated heterocycles. The Bertz CT molecular complexity index is 534. The minimum atomic E-state index is -0.00909. The van der Waals surface area contributed by atoms with Crippen LogP contribution in [0.4, 0.5) is 0 Å². The summed E-state index contributed by atoms with van der Waals surface area (Å²) >= 11 is 0. The summed E-state index contributed by atoms with van der Waals surface area (Å²) in [5.74, 6) is 1.25. The van der Waals surface area contributed by atoms with Gasteiger partial charge in [-0.2, -0.15) is 0 Å². The fraction of sp³-hybridized carbons (Fsp3) is 0.632. The zero-order valence-corrected chi connectivity index (χ0v) is 14.8. The number of nitrogens with zero attached hydrogens (tertiary/aromatic N) is 1. The van der Waals surface area contributed by atoms with Crippen LogP contribution in [0.25, 0.3) is 0 Å². The molecule has 1 heterocycles. The number of para-hydroxylation sites is 1. The fourth-order valence-electron chi connectivity index (χ4n) is 3.11. The molecule has 0 unspecified atom stereocenters. The summed E-state index contributed by atoms with van der Waals surface area (Å²) in [7, 11) is 0. The second-order valence-electron chi connectivity index (χ2n) is 7.64. The van der Waals surface area contributed by atoms with Crippen LogP contribution in [-0.4, -0.2) is 36.5 Å². The number of likely N-dealkylation sites (tertiary alicyclic amines) is 1. The molecule has 2 rings (SSSR count). The minimum absolute atomic E-state index is 0.00909. The summed E-state index contributed by atoms with van der Waals surface area (Å²) in [6.07, 6.45) is 2.13. The van der Waals surface area contributed by atoms with Crippen molar-refractivity contribution in [1.29, 1.82) is 0 Å². The van der Waals surface area contributed by atoms with Crippen LogP contribution in [0.2, 0.25) is 0 Å². The van der Waals surface area contributed by atoms with E-state index in [4.69, 9.17) is 10.5 Å². The molecule has 0 spiro atoms. The quantitative estimate of drug-likeness (QED) is 0.928. The zero-order valence-electron chi connectivity index (χ0n) is 14.8. The second-order valence-corrected chi connectivity index (χ2v) is 7.64. The predicted octanol–water partition coefficient (Wildman–Crippen LogP) is 2.95. The molecule has 0 aromatic heterocycles. The smallest absolute Gasteiger partial charge is 0.260 e. The van der Waals surface area contributed by atoms with E-state index in [0.717, 1.165) is 37.2 Å². The Morgan fingerprint density at radius 1 is 1.39 bits per heavy atom. The first kappa shape index (κ1) is 17.8. The van der Waals surface area contributed by atoms with Crippen molar-refractivity contribution in [2.75, 3.05) is 19.7 Å². The van der Waals surface area contributed by atoms with Crippen LogP contribution in [0.1, 0.15) is 46.1 Å². The van der Waals surface area contributed by atoms with E-state index in [-0.39, 0.29) is 24.0 Å². The van der Waals surface area contributed by atoms with Crippen LogP contribution >= 0.6 is 0 Å². The summed E-state index contributed by atoms with van der Waals surface area (Å²) in [6.45, 7) is 10.1. The van der Waals surface area contributed by atoms with E-state index in [1.165, 1.54) is 0 Å². The van der Waals surface area contributed by atoms with Gasteiger partial charge in [-0.05, 0) is 42.7 Å². The average molecular weight is 318 g/mol. The minimum Gasteiger partial charge on any atom is -0.483 e. The van der Waals surface area contributed by atoms with Crippen LogP contribution < -0.4 is 10.5 Å². The number of carbonyl (C=O) groups excluding carboxylic acids is 1. The van der Waals surface area contributed by atoms with Gasteiger partial charge in [0.2, 0.25) is 0 Å². The van der Waals surface area contributed by atoms with Gasteiger partial charge in [0.1, 0.15) is 5.75 Å². The summed E-state index contributed by atoms with van der Waals surface area (Å²) in [5, 5.41) is 0. The fourth-order valence-corrected chi connectivity index (χ4v) is 3.11. The first-order valence-corrected chi connectivity index (χ1v) is 8.54. The molecule has 1 aliphatic rings. The van der Waals surface area contributed by atoms with E-state index >= 15 is 0 Å². The van der Waals surface area contributed by atoms with Crippen LogP contribution in [-0.2, 0) is 10.2 Å². The Labute approximate surface area is 140 Å². The molecule has 1 amide bonds. The van der Waals surface area contributed by atoms with Crippen LogP contribution in [0.5, 0.6) is 5.75 Å². The zero-order chi connectivity index (χ0) is 17.0. The maximum Gasteiger partial charge on any atom is 0.260 e. The van der Waals surface area contributed by atoms with E-state index in [1.54, 1.807) is 0 Å². The van der Waals surface area contributed by atoms with Crippen molar-refractivity contribution >= 4 is 5.91 Å². The molecule has 1 fully saturated rings. The molecule has 0 radical (unpaired) electrons. The number of amides is 1. The number of hydrogen-bond acceptors (Lipinski definition) is 3. The third-order valence-corrected chi connectivity index (χ3v) is 4.60. The SMILES string of the molecule is C[C@H](N)[C@H]1CCCN(C(=O)COc2ccccc2C(C)(C)C)C1. The molecule has 0 aliphatic carbocycles. The summed E-state index contributed by atoms with van der Waals surface area (Å²) in [6, 6.07) is 8.09. The maximum atomic E-state index is 12.5. The lowest BCUT2D eigenvalue weighted by atomic mass is 9.86. The molecule has 1 aromatic carbocycles. The van der Waals surface area contributed by atoms with Gasteiger partial charge in [-0.25, -0.2) is 0 Å². The van der Waals surface area contributed by atoms with Gasteiger partial charge in [0.05, 0.1) is 0 Å². The Balaban J connectivity index is 1.97. The number of ether oxygens (including phenoxy) is 1. The standard InChI is InChI=1S/C19H30N2O2/c1-14(20)15-8-7-11-21(12-15)18(22)13-23-17-10-6-5-9-16(17)19(2,3)4/h5-6,9-10,14-15H,7-8,11-13,20H2,1-4H3/t14-,15-/m0/s1. The average Bonchev–Trinajstić information content (AvgIpc) is 2.52. The van der Waals surface area contributed by atoms with Gasteiger partial charge < -0.3 is 15.4 Å². The highest BCUT2D eigenvalue weighted by atomic mass is 16.5. The van der Waals surface area contributed by atoms with Gasteiger partial charge >= 0.3 is 0 Å². The Kier molecular flexibility index (Phi) is 5.69. The Hall–Kier alpha value is -1.55. The van der Waals surface area contributed by atoms with Gasteiger partial charge in [-0.3, -0.25) is 4.79 Å². The second kappa shape index (κ2) is 7.35. The number of hydrogen-bond donors (Lipinski definition) is 1. The molecular formula is C19H30N2O2. The maximum absolute atomic E-state index is 12.5. The van der Waals surface area contributed by atoms with E-state index in [0.29, 0.717) is 5.92 Å². The first-order valence-electron chi connectivity index (χ1n) is 8.54. The van der Waals surface area contributed by atoms with E-state index < -0.39 is 0 Å². The van der Waals surface area contributed by atoms with Crippen molar-refractivity contribution in [2.24, 2.45) is 11.7 Å². The highest BCUT2D eigenvalue weighted by Gasteiger charge is 2.26. The van der Waals surface area contributed by atoms with Crippen molar-refractivity contribution in [3.8, 4) is 5.75 Å². The Morgan fingerprint density at radius 3 is 2.74 bits per heavy atom.